The molecule has 0 amide bonds. The van der Waals surface area contributed by atoms with Crippen molar-refractivity contribution in [2.45, 2.75) is 109 Å². The topological polar surface area (TPSA) is 124 Å². The second-order valence-corrected chi connectivity index (χ2v) is 16.1. The van der Waals surface area contributed by atoms with Crippen molar-refractivity contribution in [3.63, 3.8) is 0 Å². The first kappa shape index (κ1) is 30.8. The fourth-order valence-corrected chi connectivity index (χ4v) is 12.0. The van der Waals surface area contributed by atoms with Gasteiger partial charge in [0.1, 0.15) is 23.6 Å². The van der Waals surface area contributed by atoms with Crippen molar-refractivity contribution in [1.82, 2.24) is 10.3 Å². The first-order chi connectivity index (χ1) is 22.0. The molecule has 1 aromatic heterocycles. The number of para-hydroxylation sites is 1. The summed E-state index contributed by atoms with van der Waals surface area (Å²) >= 11 is 0. The zero-order chi connectivity index (χ0) is 32.2. The lowest BCUT2D eigenvalue weighted by Gasteiger charge is -2.59. The Labute approximate surface area is 271 Å². The summed E-state index contributed by atoms with van der Waals surface area (Å²) < 4.78 is 12.5. The number of nitrogens with one attached hydrogen (secondary N) is 2. The highest BCUT2D eigenvalue weighted by Gasteiger charge is 2.82. The molecule has 1 spiro atoms. The number of hydrogen-bond donors (Lipinski definition) is 4. The van der Waals surface area contributed by atoms with Gasteiger partial charge >= 0.3 is 5.97 Å². The maximum absolute atomic E-state index is 14.3. The molecule has 4 saturated carbocycles. The predicted octanol–water partition coefficient (Wildman–Crippen LogP) is 4.87. The van der Waals surface area contributed by atoms with Crippen molar-refractivity contribution in [1.29, 1.82) is 0 Å². The number of esters is 1. The average molecular weight is 631 g/mol. The quantitative estimate of drug-likeness (QED) is 0.254. The number of rotatable bonds is 7. The van der Waals surface area contributed by atoms with Crippen LogP contribution in [0.5, 0.6) is 0 Å². The van der Waals surface area contributed by atoms with Crippen LogP contribution in [0.3, 0.4) is 0 Å². The van der Waals surface area contributed by atoms with Gasteiger partial charge in [-0.1, -0.05) is 37.6 Å². The Balaban J connectivity index is 0.976. The normalized spacial score (nSPS) is 43.9. The minimum Gasteiger partial charge on any atom is -0.458 e. The molecule has 6 aliphatic rings. The van der Waals surface area contributed by atoms with Gasteiger partial charge in [-0.15, -0.1) is 0 Å². The summed E-state index contributed by atoms with van der Waals surface area (Å²) in [7, 11) is 0. The van der Waals surface area contributed by atoms with E-state index in [0.717, 1.165) is 49.6 Å². The van der Waals surface area contributed by atoms with Crippen molar-refractivity contribution in [3.8, 4) is 0 Å². The van der Waals surface area contributed by atoms with Crippen molar-refractivity contribution in [2.24, 2.45) is 40.4 Å². The highest BCUT2D eigenvalue weighted by molar-refractivity contribution is 5.91. The summed E-state index contributed by atoms with van der Waals surface area (Å²) in [5, 5.41) is 26.4. The Morgan fingerprint density at radius 1 is 1.11 bits per heavy atom. The van der Waals surface area contributed by atoms with Gasteiger partial charge in [-0.3, -0.25) is 4.79 Å². The van der Waals surface area contributed by atoms with Gasteiger partial charge in [0.15, 0.2) is 0 Å². The number of ketones is 1. The third-order valence-electron chi connectivity index (χ3n) is 14.5. The standard InChI is InChI=1S/C38H50N2O6/c1-20-15-31(45-35(44)25(20)19-41)21(2)26-9-10-27-24-16-33-38(46-33)34(43)30(17-32(42)37(38,4)28(24)11-13-36(26,27)3)39-14-12-22-18-40-29-8-6-5-7-23(22)29/h5-8,18,21,24,26-28,30-31,33-34,39-41,43H,9-17,19H2,1-4H3/t21-,24-,26+,27-,28-,30?,31+,33+,34-,36+,37-,38-/m0/s1. The number of carbonyl (C=O) groups is 2. The third-order valence-corrected chi connectivity index (χ3v) is 14.5. The van der Waals surface area contributed by atoms with Crippen LogP contribution in [0, 0.1) is 40.4 Å². The molecule has 46 heavy (non-hydrogen) atoms. The van der Waals surface area contributed by atoms with Crippen LogP contribution >= 0.6 is 0 Å². The number of aliphatic hydroxyl groups is 2. The molecule has 8 heteroatoms. The van der Waals surface area contributed by atoms with E-state index in [1.807, 2.05) is 13.0 Å². The summed E-state index contributed by atoms with van der Waals surface area (Å²) in [6.07, 6.45) is 8.07. The van der Waals surface area contributed by atoms with Crippen LogP contribution in [0.15, 0.2) is 41.6 Å². The SMILES string of the molecule is CC1=C(CO)C(=O)O[C@@H]([C@@H](C)[C@H]2CC[C@H]3[C@@H]4C[C@H]5O[C@]56[C@@H](O)C(NCCc5c[nH]c7ccccc57)CC(=O)[C@]6(C)[C@H]4CC[C@]23C)C1. The number of aromatic nitrogens is 1. The number of aromatic amines is 1. The molecule has 8 rings (SSSR count). The highest BCUT2D eigenvalue weighted by Crippen LogP contribution is 2.73. The molecule has 1 aromatic carbocycles. The molecule has 1 unspecified atom stereocenters. The predicted molar refractivity (Wildman–Crippen MR) is 174 cm³/mol. The van der Waals surface area contributed by atoms with Gasteiger partial charge in [0, 0.05) is 36.0 Å². The van der Waals surface area contributed by atoms with Gasteiger partial charge in [-0.05, 0) is 106 Å². The lowest BCUT2D eigenvalue weighted by molar-refractivity contribution is -0.169. The van der Waals surface area contributed by atoms with Crippen LogP contribution in [0.1, 0.15) is 78.2 Å². The Hall–Kier alpha value is -2.52. The van der Waals surface area contributed by atoms with Crippen LogP contribution < -0.4 is 5.32 Å². The van der Waals surface area contributed by atoms with Gasteiger partial charge in [-0.2, -0.15) is 0 Å². The molecule has 2 aromatic rings. The molecule has 5 fully saturated rings. The van der Waals surface area contributed by atoms with E-state index in [1.165, 1.54) is 10.9 Å². The average Bonchev–Trinajstić information content (AvgIpc) is 3.47. The van der Waals surface area contributed by atoms with Crippen LogP contribution in [0.4, 0.5) is 0 Å². The van der Waals surface area contributed by atoms with Gasteiger partial charge in [-0.25, -0.2) is 4.79 Å². The summed E-state index contributed by atoms with van der Waals surface area (Å²) in [5.41, 5.74) is 2.36. The number of fused-ring (bicyclic) bond motifs is 5. The van der Waals surface area contributed by atoms with E-state index in [-0.39, 0.29) is 53.9 Å². The number of carbonyl (C=O) groups excluding carboxylic acids is 2. The monoisotopic (exact) mass is 630 g/mol. The number of ether oxygens (including phenoxy) is 2. The maximum Gasteiger partial charge on any atom is 0.336 e. The molecule has 0 bridgehead atoms. The van der Waals surface area contributed by atoms with E-state index >= 15 is 0 Å². The van der Waals surface area contributed by atoms with Crippen molar-refractivity contribution < 1.29 is 29.3 Å². The number of benzene rings is 1. The maximum atomic E-state index is 14.3. The molecule has 2 aliphatic heterocycles. The Morgan fingerprint density at radius 3 is 2.70 bits per heavy atom. The molecule has 8 nitrogen and oxygen atoms in total. The van der Waals surface area contributed by atoms with E-state index in [2.05, 4.69) is 55.5 Å². The zero-order valence-corrected chi connectivity index (χ0v) is 27.7. The van der Waals surface area contributed by atoms with Crippen LogP contribution in [0.2, 0.25) is 0 Å². The molecule has 3 heterocycles. The van der Waals surface area contributed by atoms with Gasteiger partial charge in [0.05, 0.1) is 23.7 Å². The van der Waals surface area contributed by atoms with Crippen LogP contribution in [-0.4, -0.2) is 70.1 Å². The minimum absolute atomic E-state index is 0.0845. The van der Waals surface area contributed by atoms with Crippen LogP contribution in [-0.2, 0) is 25.5 Å². The van der Waals surface area contributed by atoms with E-state index in [4.69, 9.17) is 9.47 Å². The first-order valence-electron chi connectivity index (χ1n) is 17.7. The molecular formula is C38H50N2O6. The largest absolute Gasteiger partial charge is 0.458 e. The van der Waals surface area contributed by atoms with Gasteiger partial charge < -0.3 is 30.0 Å². The van der Waals surface area contributed by atoms with E-state index in [9.17, 15) is 19.8 Å². The number of epoxide rings is 1. The van der Waals surface area contributed by atoms with Crippen LogP contribution in [0.25, 0.3) is 10.9 Å². The molecule has 4 aliphatic carbocycles. The zero-order valence-electron chi connectivity index (χ0n) is 27.7. The Kier molecular flexibility index (Phi) is 7.19. The number of cyclic esters (lactones) is 1. The minimum atomic E-state index is -0.786. The number of aliphatic hydroxyl groups excluding tert-OH is 2. The second kappa shape index (κ2) is 10.7. The van der Waals surface area contributed by atoms with Crippen molar-refractivity contribution >= 4 is 22.7 Å². The lowest BCUT2D eigenvalue weighted by atomic mass is 9.43. The molecule has 0 radical (unpaired) electrons. The van der Waals surface area contributed by atoms with E-state index in [0.29, 0.717) is 42.7 Å². The lowest BCUT2D eigenvalue weighted by Crippen LogP contribution is -2.69. The third kappa shape index (κ3) is 4.12. The first-order valence-corrected chi connectivity index (χ1v) is 17.7. The Morgan fingerprint density at radius 2 is 1.91 bits per heavy atom. The van der Waals surface area contributed by atoms with E-state index in [1.54, 1.807) is 0 Å². The molecule has 1 saturated heterocycles. The molecule has 4 N–H and O–H groups in total. The van der Waals surface area contributed by atoms with E-state index < -0.39 is 17.1 Å². The summed E-state index contributed by atoms with van der Waals surface area (Å²) in [5.74, 6) is 1.61. The van der Waals surface area contributed by atoms with Gasteiger partial charge in [0.2, 0.25) is 0 Å². The molecular weight excluding hydrogens is 580 g/mol. The fourth-order valence-electron chi connectivity index (χ4n) is 12.0. The van der Waals surface area contributed by atoms with Crippen molar-refractivity contribution in [3.05, 3.63) is 47.2 Å². The highest BCUT2D eigenvalue weighted by atomic mass is 16.6. The summed E-state index contributed by atoms with van der Waals surface area (Å²) in [4.78, 5) is 30.3. The molecule has 248 valence electrons. The number of hydrogen-bond acceptors (Lipinski definition) is 7. The smallest absolute Gasteiger partial charge is 0.336 e. The van der Waals surface area contributed by atoms with Crippen molar-refractivity contribution in [2.75, 3.05) is 13.2 Å². The summed E-state index contributed by atoms with van der Waals surface area (Å²) in [6, 6.07) is 7.99. The molecule has 12 atom stereocenters. The number of H-pyrrole nitrogens is 1. The van der Waals surface area contributed by atoms with Gasteiger partial charge in [0.25, 0.3) is 0 Å². The number of Topliss-reactive ketones (excluding diaryl/α,β-unsaturated/α-hetero) is 1. The summed E-state index contributed by atoms with van der Waals surface area (Å²) in [6.45, 7) is 9.20. The Bertz CT molecular complexity index is 1600. The second-order valence-electron chi connectivity index (χ2n) is 16.1. The fraction of sp³-hybridized carbons (Fsp3) is 0.684.